The molecule has 0 amide bonds. The molecule has 0 radical (unpaired) electrons. The third kappa shape index (κ3) is 2.13. The van der Waals surface area contributed by atoms with E-state index in [1.54, 1.807) is 6.20 Å². The fraction of sp³-hybridized carbons (Fsp3) is 0.250. The van der Waals surface area contributed by atoms with Gasteiger partial charge in [-0.2, -0.15) is 0 Å². The van der Waals surface area contributed by atoms with E-state index in [0.29, 0.717) is 5.69 Å². The molecule has 0 bridgehead atoms. The first-order valence-corrected chi connectivity index (χ1v) is 3.34. The van der Waals surface area contributed by atoms with Gasteiger partial charge in [0.25, 0.3) is 0 Å². The molecular formula is C8H8N2O2. The highest BCUT2D eigenvalue weighted by molar-refractivity contribution is 5.88. The Bertz CT molecular complexity index is 343. The van der Waals surface area contributed by atoms with Gasteiger partial charge in [-0.1, -0.05) is 0 Å². The van der Waals surface area contributed by atoms with Crippen LogP contribution in [-0.2, 0) is 9.53 Å². The monoisotopic (exact) mass is 164 g/mol. The number of carbonyl (C=O) groups excluding carboxylic acids is 1. The number of carbonyl (C=O) groups is 1. The molecule has 12 heavy (non-hydrogen) atoms. The van der Waals surface area contributed by atoms with E-state index < -0.39 is 5.97 Å². The van der Waals surface area contributed by atoms with Gasteiger partial charge in [-0.05, 0) is 12.8 Å². The second-order valence-corrected chi connectivity index (χ2v) is 2.12. The molecule has 0 aliphatic carbocycles. The Morgan fingerprint density at radius 1 is 1.75 bits per heavy atom. The Balaban J connectivity index is 2.73. The van der Waals surface area contributed by atoms with Crippen molar-refractivity contribution in [3.8, 4) is 11.8 Å². The standard InChI is InChI=1S/C8H8N2O2/c1-6-9-5-7(10-6)3-4-8(11)12-2/h5H,1-2H3,(H,9,10). The summed E-state index contributed by atoms with van der Waals surface area (Å²) in [6, 6.07) is 0. The number of hydrogen-bond acceptors (Lipinski definition) is 3. The highest BCUT2D eigenvalue weighted by Crippen LogP contribution is 1.91. The van der Waals surface area contributed by atoms with E-state index >= 15 is 0 Å². The van der Waals surface area contributed by atoms with Gasteiger partial charge < -0.3 is 9.72 Å². The molecule has 0 unspecified atom stereocenters. The quantitative estimate of drug-likeness (QED) is 0.441. The number of aryl methyl sites for hydroxylation is 1. The van der Waals surface area contributed by atoms with Crippen molar-refractivity contribution in [2.24, 2.45) is 0 Å². The van der Waals surface area contributed by atoms with Crippen LogP contribution in [0.4, 0.5) is 0 Å². The third-order valence-corrected chi connectivity index (χ3v) is 1.19. The van der Waals surface area contributed by atoms with E-state index in [1.807, 2.05) is 6.92 Å². The molecule has 0 atom stereocenters. The largest absolute Gasteiger partial charge is 0.459 e. The van der Waals surface area contributed by atoms with E-state index in [0.717, 1.165) is 5.82 Å². The number of hydrogen-bond donors (Lipinski definition) is 1. The first-order valence-electron chi connectivity index (χ1n) is 3.34. The minimum Gasteiger partial charge on any atom is -0.459 e. The van der Waals surface area contributed by atoms with Crippen LogP contribution in [0.2, 0.25) is 0 Å². The lowest BCUT2D eigenvalue weighted by Gasteiger charge is -1.83. The summed E-state index contributed by atoms with van der Waals surface area (Å²) in [7, 11) is 1.29. The highest BCUT2D eigenvalue weighted by Gasteiger charge is 1.92. The number of methoxy groups -OCH3 is 1. The molecule has 0 aliphatic rings. The number of imidazole rings is 1. The number of aromatic nitrogens is 2. The Kier molecular flexibility index (Phi) is 2.49. The van der Waals surface area contributed by atoms with Gasteiger partial charge in [0, 0.05) is 5.92 Å². The maximum absolute atomic E-state index is 10.6. The molecule has 1 N–H and O–H groups in total. The molecule has 1 aromatic heterocycles. The number of aromatic amines is 1. The van der Waals surface area contributed by atoms with Crippen molar-refractivity contribution >= 4 is 5.97 Å². The maximum atomic E-state index is 10.6. The topological polar surface area (TPSA) is 55.0 Å². The van der Waals surface area contributed by atoms with Gasteiger partial charge in [-0.15, -0.1) is 0 Å². The SMILES string of the molecule is COC(=O)C#Cc1cnc(C)[nH]1. The number of nitrogens with one attached hydrogen (secondary N) is 1. The number of H-pyrrole nitrogens is 1. The second kappa shape index (κ2) is 3.58. The zero-order valence-electron chi connectivity index (χ0n) is 6.84. The van der Waals surface area contributed by atoms with Gasteiger partial charge in [-0.3, -0.25) is 0 Å². The minimum atomic E-state index is -0.553. The molecule has 0 fully saturated rings. The first kappa shape index (κ1) is 8.34. The van der Waals surface area contributed by atoms with Gasteiger partial charge in [0.15, 0.2) is 0 Å². The molecule has 62 valence electrons. The minimum absolute atomic E-state index is 0.553. The van der Waals surface area contributed by atoms with Crippen molar-refractivity contribution in [1.29, 1.82) is 0 Å². The van der Waals surface area contributed by atoms with Crippen LogP contribution in [0.15, 0.2) is 6.20 Å². The van der Waals surface area contributed by atoms with Crippen molar-refractivity contribution in [3.05, 3.63) is 17.7 Å². The molecule has 1 heterocycles. The Morgan fingerprint density at radius 3 is 3.00 bits per heavy atom. The van der Waals surface area contributed by atoms with E-state index in [-0.39, 0.29) is 0 Å². The van der Waals surface area contributed by atoms with Crippen molar-refractivity contribution in [2.45, 2.75) is 6.92 Å². The molecule has 1 rings (SSSR count). The van der Waals surface area contributed by atoms with Crippen LogP contribution >= 0.6 is 0 Å². The average Bonchev–Trinajstić information content (AvgIpc) is 2.47. The van der Waals surface area contributed by atoms with E-state index in [2.05, 4.69) is 26.5 Å². The summed E-state index contributed by atoms with van der Waals surface area (Å²) >= 11 is 0. The molecule has 0 spiro atoms. The molecule has 0 saturated heterocycles. The summed E-state index contributed by atoms with van der Waals surface area (Å²) < 4.78 is 4.33. The van der Waals surface area contributed by atoms with Crippen molar-refractivity contribution < 1.29 is 9.53 Å². The fourth-order valence-corrected chi connectivity index (χ4v) is 0.654. The van der Waals surface area contributed by atoms with Crippen LogP contribution in [0.5, 0.6) is 0 Å². The first-order chi connectivity index (χ1) is 5.72. The van der Waals surface area contributed by atoms with Gasteiger partial charge in [-0.25, -0.2) is 9.78 Å². The van der Waals surface area contributed by atoms with Gasteiger partial charge in [0.05, 0.1) is 13.3 Å². The van der Waals surface area contributed by atoms with Crippen molar-refractivity contribution in [3.63, 3.8) is 0 Å². The van der Waals surface area contributed by atoms with Gasteiger partial charge in [0.1, 0.15) is 11.5 Å². The molecule has 0 saturated carbocycles. The van der Waals surface area contributed by atoms with Crippen molar-refractivity contribution in [1.82, 2.24) is 9.97 Å². The van der Waals surface area contributed by atoms with Crippen LogP contribution in [0.3, 0.4) is 0 Å². The highest BCUT2D eigenvalue weighted by atomic mass is 16.5. The zero-order valence-corrected chi connectivity index (χ0v) is 6.84. The lowest BCUT2D eigenvalue weighted by molar-refractivity contribution is -0.133. The van der Waals surface area contributed by atoms with Crippen LogP contribution in [0.25, 0.3) is 0 Å². The van der Waals surface area contributed by atoms with Crippen LogP contribution in [-0.4, -0.2) is 23.0 Å². The Labute approximate surface area is 70.0 Å². The van der Waals surface area contributed by atoms with Crippen LogP contribution < -0.4 is 0 Å². The maximum Gasteiger partial charge on any atom is 0.384 e. The van der Waals surface area contributed by atoms with Crippen LogP contribution in [0.1, 0.15) is 11.5 Å². The Morgan fingerprint density at radius 2 is 2.50 bits per heavy atom. The van der Waals surface area contributed by atoms with E-state index in [9.17, 15) is 4.79 Å². The Hall–Kier alpha value is -1.76. The number of ether oxygens (including phenoxy) is 1. The zero-order chi connectivity index (χ0) is 8.97. The van der Waals surface area contributed by atoms with Crippen LogP contribution in [0, 0.1) is 18.8 Å². The summed E-state index contributed by atoms with van der Waals surface area (Å²) in [4.78, 5) is 17.3. The molecule has 0 aliphatic heterocycles. The number of rotatable bonds is 0. The van der Waals surface area contributed by atoms with Gasteiger partial charge in [0.2, 0.25) is 0 Å². The summed E-state index contributed by atoms with van der Waals surface area (Å²) in [5, 5.41) is 0. The number of nitrogens with zero attached hydrogens (tertiary/aromatic N) is 1. The molecule has 4 nitrogen and oxygen atoms in total. The van der Waals surface area contributed by atoms with Gasteiger partial charge >= 0.3 is 5.97 Å². The predicted octanol–water partition coefficient (Wildman–Crippen LogP) is 0.243. The molecule has 1 aromatic rings. The number of esters is 1. The average molecular weight is 164 g/mol. The lowest BCUT2D eigenvalue weighted by Crippen LogP contribution is -1.94. The third-order valence-electron chi connectivity index (χ3n) is 1.19. The summed E-state index contributed by atoms with van der Waals surface area (Å²) in [6.45, 7) is 1.81. The predicted molar refractivity (Wildman–Crippen MR) is 42.2 cm³/mol. The summed E-state index contributed by atoms with van der Waals surface area (Å²) in [6.07, 6.45) is 1.56. The second-order valence-electron chi connectivity index (χ2n) is 2.12. The molecule has 0 aromatic carbocycles. The van der Waals surface area contributed by atoms with Crippen molar-refractivity contribution in [2.75, 3.05) is 7.11 Å². The van der Waals surface area contributed by atoms with E-state index in [4.69, 9.17) is 0 Å². The van der Waals surface area contributed by atoms with E-state index in [1.165, 1.54) is 7.11 Å². The fourth-order valence-electron chi connectivity index (χ4n) is 0.654. The summed E-state index contributed by atoms with van der Waals surface area (Å²) in [5.41, 5.74) is 0.609. The summed E-state index contributed by atoms with van der Waals surface area (Å²) in [5.74, 6) is 5.07. The molecular weight excluding hydrogens is 156 g/mol. The lowest BCUT2D eigenvalue weighted by atomic mass is 10.4. The molecule has 4 heteroatoms. The normalized spacial score (nSPS) is 8.50. The smallest absolute Gasteiger partial charge is 0.384 e.